The molecule has 0 saturated heterocycles. The lowest BCUT2D eigenvalue weighted by Crippen LogP contribution is -2.10. The van der Waals surface area contributed by atoms with E-state index in [9.17, 15) is 0 Å². The zero-order chi connectivity index (χ0) is 24.8. The second-order valence-electron chi connectivity index (χ2n) is 9.18. The molecule has 0 N–H and O–H groups in total. The molecule has 0 unspecified atom stereocenters. The number of hydrogen-bond acceptors (Lipinski definition) is 3. The highest BCUT2D eigenvalue weighted by atomic mass is 15.1. The minimum Gasteiger partial charge on any atom is -0.378 e. The van der Waals surface area contributed by atoms with Crippen LogP contribution in [0.2, 0.25) is 0 Å². The third-order valence-electron chi connectivity index (χ3n) is 6.28. The van der Waals surface area contributed by atoms with Crippen LogP contribution < -0.4 is 9.80 Å². The van der Waals surface area contributed by atoms with Crippen LogP contribution in [0.4, 0.5) is 17.1 Å². The monoisotopic (exact) mass is 459 g/mol. The zero-order valence-electron chi connectivity index (χ0n) is 21.2. The molecule has 0 bridgehead atoms. The molecule has 0 aliphatic carbocycles. The summed E-state index contributed by atoms with van der Waals surface area (Å²) >= 11 is 0. The molecule has 0 atom stereocenters. The van der Waals surface area contributed by atoms with Gasteiger partial charge in [0.25, 0.3) is 0 Å². The predicted octanol–water partition coefficient (Wildman–Crippen LogP) is 7.40. The lowest BCUT2D eigenvalue weighted by molar-refractivity contribution is 0.972. The van der Waals surface area contributed by atoms with E-state index in [4.69, 9.17) is 4.99 Å². The Morgan fingerprint density at radius 3 is 1.63 bits per heavy atom. The first kappa shape index (κ1) is 24.1. The number of aliphatic imine (C=N–C) groups is 1. The average Bonchev–Trinajstić information content (AvgIpc) is 2.89. The molecule has 176 valence electrons. The van der Waals surface area contributed by atoms with E-state index in [0.29, 0.717) is 0 Å². The fourth-order valence-corrected chi connectivity index (χ4v) is 4.21. The molecule has 4 aromatic rings. The van der Waals surface area contributed by atoms with Crippen molar-refractivity contribution in [3.8, 4) is 0 Å². The Morgan fingerprint density at radius 1 is 0.629 bits per heavy atom. The minimum atomic E-state index is 0.0567. The fourth-order valence-electron chi connectivity index (χ4n) is 4.21. The van der Waals surface area contributed by atoms with Crippen LogP contribution in [0.15, 0.2) is 108 Å². The normalized spacial score (nSPS) is 10.6. The Bertz CT molecular complexity index is 1260. The summed E-state index contributed by atoms with van der Waals surface area (Å²) in [5.41, 5.74) is 9.08. The van der Waals surface area contributed by atoms with Crippen molar-refractivity contribution in [3.05, 3.63) is 125 Å². The molecule has 0 fully saturated rings. The third-order valence-corrected chi connectivity index (χ3v) is 6.28. The first-order valence-electron chi connectivity index (χ1n) is 11.9. The highest BCUT2D eigenvalue weighted by Crippen LogP contribution is 2.38. The lowest BCUT2D eigenvalue weighted by Gasteiger charge is -2.22. The van der Waals surface area contributed by atoms with Gasteiger partial charge >= 0.3 is 0 Å². The van der Waals surface area contributed by atoms with E-state index in [1.54, 1.807) is 0 Å². The maximum Gasteiger partial charge on any atom is 0.0771 e. The lowest BCUT2D eigenvalue weighted by atomic mass is 9.84. The van der Waals surface area contributed by atoms with Gasteiger partial charge in [0.1, 0.15) is 0 Å². The number of allylic oxidation sites excluding steroid dienone is 1. The number of hydrogen-bond donors (Lipinski definition) is 0. The fraction of sp³-hybridized carbons (Fsp3) is 0.188. The number of anilines is 2. The van der Waals surface area contributed by atoms with E-state index in [0.717, 1.165) is 22.4 Å². The maximum atomic E-state index is 4.84. The van der Waals surface area contributed by atoms with Crippen molar-refractivity contribution in [2.24, 2.45) is 4.99 Å². The summed E-state index contributed by atoms with van der Waals surface area (Å²) in [7, 11) is 8.27. The van der Waals surface area contributed by atoms with Crippen molar-refractivity contribution in [2.45, 2.75) is 12.8 Å². The molecule has 0 aliphatic rings. The Labute approximate surface area is 209 Å². The van der Waals surface area contributed by atoms with Crippen LogP contribution in [0.1, 0.15) is 35.1 Å². The van der Waals surface area contributed by atoms with Crippen molar-refractivity contribution in [2.75, 3.05) is 38.0 Å². The Morgan fingerprint density at radius 2 is 1.11 bits per heavy atom. The van der Waals surface area contributed by atoms with Crippen molar-refractivity contribution in [1.82, 2.24) is 0 Å². The molecular weight excluding hydrogens is 426 g/mol. The molecule has 35 heavy (non-hydrogen) atoms. The summed E-state index contributed by atoms with van der Waals surface area (Å²) in [5, 5.41) is 0. The van der Waals surface area contributed by atoms with Gasteiger partial charge in [0.15, 0.2) is 0 Å². The van der Waals surface area contributed by atoms with Crippen molar-refractivity contribution in [3.63, 3.8) is 0 Å². The topological polar surface area (TPSA) is 18.8 Å². The van der Waals surface area contributed by atoms with Crippen molar-refractivity contribution in [1.29, 1.82) is 0 Å². The van der Waals surface area contributed by atoms with Crippen LogP contribution in [0.5, 0.6) is 0 Å². The third kappa shape index (κ3) is 5.71. The Balaban J connectivity index is 1.83. The van der Waals surface area contributed by atoms with Crippen LogP contribution in [0.3, 0.4) is 0 Å². The number of rotatable bonds is 7. The summed E-state index contributed by atoms with van der Waals surface area (Å²) in [5.74, 6) is 3.35. The van der Waals surface area contributed by atoms with Crippen molar-refractivity contribution >= 4 is 28.5 Å². The van der Waals surface area contributed by atoms with Gasteiger partial charge in [0, 0.05) is 51.1 Å². The first-order chi connectivity index (χ1) is 16.9. The summed E-state index contributed by atoms with van der Waals surface area (Å²) < 4.78 is 0. The molecule has 0 spiro atoms. The standard InChI is InChI=1S/C32H33N3/c1-24(25-11-7-6-8-12-25)23-33-31-14-10-9-13-30(31)32(26-15-19-28(20-16-26)34(2)3)27-17-21-29(22-18-27)35(4)5/h6-22,32H,1-5H3. The van der Waals surface area contributed by atoms with Crippen LogP contribution in [-0.2, 0) is 0 Å². The van der Waals surface area contributed by atoms with E-state index < -0.39 is 0 Å². The molecule has 4 rings (SSSR count). The molecule has 4 aromatic carbocycles. The molecule has 0 aromatic heterocycles. The summed E-state index contributed by atoms with van der Waals surface area (Å²) in [6, 6.07) is 36.3. The maximum absolute atomic E-state index is 4.84. The van der Waals surface area contributed by atoms with Gasteiger partial charge in [-0.15, -0.1) is 0 Å². The molecule has 0 aliphatic heterocycles. The van der Waals surface area contributed by atoms with Gasteiger partial charge in [-0.2, -0.15) is 0 Å². The minimum absolute atomic E-state index is 0.0567. The predicted molar refractivity (Wildman–Crippen MR) is 152 cm³/mol. The molecule has 0 radical (unpaired) electrons. The van der Waals surface area contributed by atoms with Crippen LogP contribution in [0, 0.1) is 0 Å². The van der Waals surface area contributed by atoms with E-state index >= 15 is 0 Å². The first-order valence-corrected chi connectivity index (χ1v) is 11.9. The highest BCUT2D eigenvalue weighted by Gasteiger charge is 2.20. The SMILES string of the molecule is CC(=C=Nc1ccccc1C(c1ccc(N(C)C)cc1)c1ccc(N(C)C)cc1)c1ccccc1. The number of benzene rings is 4. The highest BCUT2D eigenvalue weighted by molar-refractivity contribution is 5.90. The second-order valence-corrected chi connectivity index (χ2v) is 9.18. The molecule has 0 saturated carbocycles. The largest absolute Gasteiger partial charge is 0.378 e. The van der Waals surface area contributed by atoms with Gasteiger partial charge in [-0.3, -0.25) is 0 Å². The second kappa shape index (κ2) is 10.9. The van der Waals surface area contributed by atoms with E-state index in [1.165, 1.54) is 22.5 Å². The van der Waals surface area contributed by atoms with Crippen LogP contribution >= 0.6 is 0 Å². The number of para-hydroxylation sites is 1. The van der Waals surface area contributed by atoms with Gasteiger partial charge in [0.2, 0.25) is 0 Å². The number of nitrogens with zero attached hydrogens (tertiary/aromatic N) is 3. The van der Waals surface area contributed by atoms with E-state index in [-0.39, 0.29) is 5.92 Å². The van der Waals surface area contributed by atoms with Gasteiger partial charge in [-0.1, -0.05) is 72.8 Å². The van der Waals surface area contributed by atoms with Gasteiger partial charge < -0.3 is 9.80 Å². The Kier molecular flexibility index (Phi) is 7.50. The van der Waals surface area contributed by atoms with Gasteiger partial charge in [0.05, 0.1) is 5.69 Å². The Hall–Kier alpha value is -4.07. The molecule has 3 nitrogen and oxygen atoms in total. The van der Waals surface area contributed by atoms with Crippen LogP contribution in [0.25, 0.3) is 5.57 Å². The van der Waals surface area contributed by atoms with Crippen LogP contribution in [-0.4, -0.2) is 34.1 Å². The summed E-state index contributed by atoms with van der Waals surface area (Å²) in [6.45, 7) is 2.05. The summed E-state index contributed by atoms with van der Waals surface area (Å²) in [6.07, 6.45) is 0. The van der Waals surface area contributed by atoms with E-state index in [2.05, 4.69) is 130 Å². The zero-order valence-corrected chi connectivity index (χ0v) is 21.2. The molecular formula is C32H33N3. The van der Waals surface area contributed by atoms with E-state index in [1.807, 2.05) is 24.3 Å². The van der Waals surface area contributed by atoms with Gasteiger partial charge in [-0.05, 0) is 65.4 Å². The van der Waals surface area contributed by atoms with Crippen molar-refractivity contribution < 1.29 is 0 Å². The molecule has 3 heteroatoms. The van der Waals surface area contributed by atoms with Gasteiger partial charge in [-0.25, -0.2) is 4.99 Å². The smallest absolute Gasteiger partial charge is 0.0771 e. The molecule has 0 amide bonds. The quantitative estimate of drug-likeness (QED) is 0.212. The molecule has 0 heterocycles. The average molecular weight is 460 g/mol. The summed E-state index contributed by atoms with van der Waals surface area (Å²) in [4.78, 5) is 9.09.